The van der Waals surface area contributed by atoms with Gasteiger partial charge in [-0.2, -0.15) is 89.9 Å². The van der Waals surface area contributed by atoms with Crippen LogP contribution in [0.3, 0.4) is 0 Å². The summed E-state index contributed by atoms with van der Waals surface area (Å²) in [5, 5.41) is 76.7. The van der Waals surface area contributed by atoms with Crippen LogP contribution in [-0.2, 0) is 175 Å². The van der Waals surface area contributed by atoms with Gasteiger partial charge in [0.2, 0.25) is 0 Å². The van der Waals surface area contributed by atoms with E-state index >= 15 is 0 Å². The van der Waals surface area contributed by atoms with Crippen molar-refractivity contribution in [3.05, 3.63) is 0 Å². The Kier molecular flexibility index (Phi) is 27.2. The van der Waals surface area contributed by atoms with E-state index in [2.05, 4.69) is 25.1 Å². The van der Waals surface area contributed by atoms with Gasteiger partial charge in [-0.25, -0.2) is 34.7 Å². The third-order valence-electron chi connectivity index (χ3n) is 12.6. The normalized spacial score (nSPS) is 37.7. The summed E-state index contributed by atoms with van der Waals surface area (Å²) < 4.78 is 386. The predicted octanol–water partition coefficient (Wildman–Crippen LogP) is -13.9. The molecular weight excluding hydrogens is 1530 g/mol. The highest BCUT2D eigenvalue weighted by molar-refractivity contribution is 7.84. The number of hydrogen-bond donors (Lipinski definition) is 19. The topological polar surface area (TPSA) is 849 Å². The summed E-state index contributed by atoms with van der Waals surface area (Å²) in [5.41, 5.74) is 0. The molecule has 0 aromatic heterocycles. The van der Waals surface area contributed by atoms with Crippen molar-refractivity contribution in [3.63, 3.8) is 0 Å². The van der Waals surface area contributed by atoms with Gasteiger partial charge in [-0.05, 0) is 0 Å². The molecule has 5 rings (SSSR count). The molecule has 95 heavy (non-hydrogen) atoms. The molecule has 0 saturated carbocycles. The van der Waals surface area contributed by atoms with Crippen LogP contribution < -0.4 is 14.2 Å². The van der Waals surface area contributed by atoms with Crippen LogP contribution in [0.5, 0.6) is 0 Å². The number of aliphatic hydroxyl groups excluding tert-OH is 5. The van der Waals surface area contributed by atoms with Gasteiger partial charge in [0, 0.05) is 7.11 Å². The fourth-order valence-corrected chi connectivity index (χ4v) is 13.4. The molecule has 558 valence electrons. The first-order valence-electron chi connectivity index (χ1n) is 24.2. The first kappa shape index (κ1) is 82.8. The van der Waals surface area contributed by atoms with Crippen molar-refractivity contribution in [1.82, 2.24) is 14.2 Å². The maximum Gasteiger partial charge on any atom is 0.397 e. The summed E-state index contributed by atoms with van der Waals surface area (Å²) in [5.74, 6) is -5.04. The Labute approximate surface area is 531 Å². The van der Waals surface area contributed by atoms with E-state index in [9.17, 15) is 158 Å². The van der Waals surface area contributed by atoms with E-state index in [1.54, 1.807) is 0 Å². The second-order valence-corrected chi connectivity index (χ2v) is 29.2. The van der Waals surface area contributed by atoms with Crippen LogP contribution in [0.2, 0.25) is 0 Å². The van der Waals surface area contributed by atoms with Gasteiger partial charge in [0.05, 0.1) is 19.8 Å². The molecule has 0 bridgehead atoms. The number of rotatable bonds is 32. The van der Waals surface area contributed by atoms with Crippen molar-refractivity contribution in [1.29, 1.82) is 0 Å². The smallest absolute Gasteiger partial charge is 0.397 e. The molecule has 5 aliphatic rings. The molecule has 64 heteroatoms. The lowest BCUT2D eigenvalue weighted by Crippen LogP contribution is -2.71. The van der Waals surface area contributed by atoms with E-state index < -0.39 is 278 Å². The van der Waals surface area contributed by atoms with Gasteiger partial charge >= 0.3 is 105 Å². The Morgan fingerprint density at radius 3 is 1.03 bits per heavy atom. The Bertz CT molecular complexity index is 3770. The number of carboxylic acids is 2. The molecule has 5 heterocycles. The van der Waals surface area contributed by atoms with E-state index in [1.165, 1.54) is 9.44 Å². The number of carboxylic acid groups (broad SMARTS) is 2. The third-order valence-corrected chi connectivity index (χ3v) is 17.0. The minimum Gasteiger partial charge on any atom is -0.479 e. The van der Waals surface area contributed by atoms with Gasteiger partial charge in [0.1, 0.15) is 104 Å². The monoisotopic (exact) mass is 1590 g/mol. The quantitative estimate of drug-likeness (QED) is 0.0278. The Balaban J connectivity index is 1.63. The first-order chi connectivity index (χ1) is 42.8. The van der Waals surface area contributed by atoms with E-state index in [-0.39, 0.29) is 0 Å². The number of carbonyl (C=O) groups is 2. The van der Waals surface area contributed by atoms with E-state index in [0.29, 0.717) is 7.11 Å². The fourth-order valence-electron chi connectivity index (χ4n) is 9.22. The minimum atomic E-state index is -6.41. The molecule has 0 unspecified atom stereocenters. The predicted molar refractivity (Wildman–Crippen MR) is 272 cm³/mol. The second-order valence-electron chi connectivity index (χ2n) is 19.2. The molecule has 5 fully saturated rings. The maximum atomic E-state index is 13.1. The summed E-state index contributed by atoms with van der Waals surface area (Å²) in [6.07, 6.45) is -66.1. The summed E-state index contributed by atoms with van der Waals surface area (Å²) in [6.45, 7) is -5.33. The lowest BCUT2D eigenvalue weighted by Gasteiger charge is -2.50. The second kappa shape index (κ2) is 31.2. The Hall–Kier alpha value is -2.83. The molecule has 0 spiro atoms. The number of aliphatic hydroxyl groups is 5. The first-order valence-corrected chi connectivity index (χ1v) is 36.7. The van der Waals surface area contributed by atoms with E-state index in [4.69, 9.17) is 51.9 Å². The Morgan fingerprint density at radius 2 is 0.653 bits per heavy atom. The van der Waals surface area contributed by atoms with Gasteiger partial charge in [0.25, 0.3) is 0 Å². The SMILES string of the molecule is CO[C@H]1O[C@H](COS(=O)(=O)O)[C@@H](O[C@@H]2O[C@@H](C(=O)O)[C@@H](O[C@@H]3O[C@H](COS(=O)(=O)O)[C@@H](O[C@@H]4O[C@H](C(=O)O)[C@@H](O[C@@H]5O[C@H](COS(=O)(=O)O)[C@@H](O)[C@H](O)[C@H]5NS(=O)(=O)O)[C@H](O)[C@H]4O)[C@H](OS(=O)(=O)O)[C@H]3NS(=O)(=O)O)[C@H](O)[C@H]2OS(=O)(=O)O)[C@H](OS(=O)(=O)O)[C@H]1NS(=O)(=O)O. The van der Waals surface area contributed by atoms with Gasteiger partial charge in [-0.3, -0.25) is 41.0 Å². The highest BCUT2D eigenvalue weighted by Crippen LogP contribution is 2.39. The molecule has 0 radical (unpaired) electrons. The number of aliphatic carboxylic acids is 2. The Morgan fingerprint density at radius 1 is 0.337 bits per heavy atom. The summed E-state index contributed by atoms with van der Waals surface area (Å²) >= 11 is 0. The van der Waals surface area contributed by atoms with Crippen molar-refractivity contribution in [2.45, 2.75) is 153 Å². The van der Waals surface area contributed by atoms with Crippen molar-refractivity contribution in [2.24, 2.45) is 0 Å². The van der Waals surface area contributed by atoms with Gasteiger partial charge in [-0.1, -0.05) is 0 Å². The number of hydrogen-bond acceptors (Lipinski definition) is 41. The lowest BCUT2D eigenvalue weighted by molar-refractivity contribution is -0.372. The number of nitrogens with one attached hydrogen (secondary N) is 3. The van der Waals surface area contributed by atoms with Crippen LogP contribution in [-0.4, -0.2) is 345 Å². The molecule has 0 aliphatic carbocycles. The molecule has 0 aromatic carbocycles. The van der Waals surface area contributed by atoms with Crippen LogP contribution in [0.15, 0.2) is 0 Å². The fraction of sp³-hybridized carbons (Fsp3) is 0.935. The molecular formula is C31H53N3O52S9. The minimum absolute atomic E-state index is 0.608. The van der Waals surface area contributed by atoms with Crippen molar-refractivity contribution in [3.8, 4) is 0 Å². The summed E-state index contributed by atoms with van der Waals surface area (Å²) in [4.78, 5) is 25.9. The molecule has 19 N–H and O–H groups in total. The highest BCUT2D eigenvalue weighted by Gasteiger charge is 2.62. The van der Waals surface area contributed by atoms with Gasteiger partial charge in [-0.15, -0.1) is 0 Å². The lowest BCUT2D eigenvalue weighted by atomic mass is 9.94. The maximum absolute atomic E-state index is 13.1. The largest absolute Gasteiger partial charge is 0.479 e. The van der Waals surface area contributed by atoms with Crippen LogP contribution in [0.4, 0.5) is 0 Å². The van der Waals surface area contributed by atoms with Crippen LogP contribution >= 0.6 is 0 Å². The van der Waals surface area contributed by atoms with Crippen molar-refractivity contribution < 1.29 is 235 Å². The number of ether oxygens (including phenoxy) is 10. The van der Waals surface area contributed by atoms with E-state index in [0.717, 1.165) is 4.72 Å². The van der Waals surface area contributed by atoms with Crippen LogP contribution in [0.1, 0.15) is 0 Å². The number of methoxy groups -OCH3 is 1. The molecule has 0 amide bonds. The highest BCUT2D eigenvalue weighted by atomic mass is 32.3. The zero-order valence-electron chi connectivity index (χ0n) is 45.6. The summed E-state index contributed by atoms with van der Waals surface area (Å²) in [7, 11) is -52.9. The van der Waals surface area contributed by atoms with Gasteiger partial charge in [0.15, 0.2) is 49.8 Å². The van der Waals surface area contributed by atoms with E-state index in [1.807, 2.05) is 0 Å². The van der Waals surface area contributed by atoms with Crippen LogP contribution in [0.25, 0.3) is 0 Å². The standard InChI is InChI=1S/C31H53N3O52S9/c1-71-27-9(33-88(47,48)49)18(84-93(62,63)64)17(6(76-27)3-73-91(56,57)58)79-31-22(86-95(68,69)70)15(39)21(24(83-31)26(42)43)81-29-10(34-89(50,51)52)19(85-94(65,66)67)16(7(77-29)4-74-92(59,60)61)78-30-14(38)13(37)20(23(82-30)25(40)41)80-28-8(32-87(44,45)46)12(36)11(35)5(75-28)2-72-90(53,54)55/h5-24,27-39H,2-4H2,1H3,(H,40,41)(H,42,43)(H,44,45,46)(H,47,48,49)(H,50,51,52)(H,53,54,55)(H,56,57,58)(H,59,60,61)(H,62,63,64)(H,65,66,67)(H,68,69,70)/t5-,6-,7-,8-,9-,10-,11-,12-,13-,14-,15+,16-,17-,18-,19-,20+,21+,22-,23+,24-,27+,28+,29+,30-,31-/m1/s1. The van der Waals surface area contributed by atoms with Crippen molar-refractivity contribution in [2.75, 3.05) is 26.9 Å². The average Bonchev–Trinajstić information content (AvgIpc) is 0.764. The summed E-state index contributed by atoms with van der Waals surface area (Å²) in [6, 6.07) is -8.60. The zero-order valence-corrected chi connectivity index (χ0v) is 52.9. The van der Waals surface area contributed by atoms with Crippen molar-refractivity contribution >= 4 is 105 Å². The molecule has 5 saturated heterocycles. The molecule has 55 nitrogen and oxygen atoms in total. The van der Waals surface area contributed by atoms with Crippen LogP contribution in [0, 0.1) is 0 Å². The van der Waals surface area contributed by atoms with Gasteiger partial charge < -0.3 is 83.1 Å². The molecule has 0 aromatic rings. The average molecular weight is 1590 g/mol. The molecule has 5 aliphatic heterocycles. The molecule has 25 atom stereocenters. The zero-order chi connectivity index (χ0) is 72.6. The third kappa shape index (κ3) is 24.7.